The molecule has 0 atom stereocenters. The van der Waals surface area contributed by atoms with Gasteiger partial charge in [0.1, 0.15) is 50.4 Å². The van der Waals surface area contributed by atoms with Crippen LogP contribution >= 0.6 is 0 Å². The van der Waals surface area contributed by atoms with Gasteiger partial charge in [-0.1, -0.05) is 150 Å². The topological polar surface area (TPSA) is 51.8 Å². The van der Waals surface area contributed by atoms with Gasteiger partial charge in [-0.25, -0.2) is 15.0 Å². The average Bonchev–Trinajstić information content (AvgIpc) is 3.69. The third-order valence-electron chi connectivity index (χ3n) is 11.1. The quantitative estimate of drug-likeness (QED) is 0.159. The third kappa shape index (κ3) is 6.66. The predicted octanol–water partition coefficient (Wildman–Crippen LogP) is 7.41. The smallest absolute Gasteiger partial charge is 0.164 e. The molecule has 0 N–H and O–H groups in total. The summed E-state index contributed by atoms with van der Waals surface area (Å²) in [5, 5.41) is 1.98. The fraction of sp³-hybridized carbons (Fsp3) is 0. The maximum Gasteiger partial charge on any atom is 0.164 e. The molecule has 60 heavy (non-hydrogen) atoms. The molecule has 0 fully saturated rings. The van der Waals surface area contributed by atoms with Crippen molar-refractivity contribution < 1.29 is 4.42 Å². The summed E-state index contributed by atoms with van der Waals surface area (Å²) in [6.07, 6.45) is 0. The van der Waals surface area contributed by atoms with Gasteiger partial charge >= 0.3 is 0 Å². The molecule has 0 aliphatic rings. The van der Waals surface area contributed by atoms with Gasteiger partial charge in [-0.3, -0.25) is 0 Å². The molecule has 0 saturated heterocycles. The second-order valence-corrected chi connectivity index (χ2v) is 14.7. The van der Waals surface area contributed by atoms with E-state index in [4.69, 9.17) is 58.6 Å². The minimum Gasteiger partial charge on any atom is -0.456 e. The zero-order chi connectivity index (χ0) is 40.9. The molecule has 10 aromatic rings. The Hall–Kier alpha value is -7.11. The number of hydrogen-bond donors (Lipinski definition) is 0. The van der Waals surface area contributed by atoms with E-state index in [9.17, 15) is 0 Å². The predicted molar refractivity (Wildman–Crippen MR) is 252 cm³/mol. The van der Waals surface area contributed by atoms with Crippen molar-refractivity contribution >= 4 is 88.5 Å². The maximum absolute atomic E-state index is 6.43. The van der Waals surface area contributed by atoms with Crippen LogP contribution in [-0.2, 0) is 0 Å². The van der Waals surface area contributed by atoms with Gasteiger partial charge in [0, 0.05) is 27.5 Å². The van der Waals surface area contributed by atoms with Crippen molar-refractivity contribution in [2.75, 3.05) is 0 Å². The number of aromatic nitrogens is 3. The van der Waals surface area contributed by atoms with E-state index >= 15 is 0 Å². The van der Waals surface area contributed by atoms with Crippen LogP contribution < -0.4 is 27.3 Å². The first-order chi connectivity index (χ1) is 29.3. The lowest BCUT2D eigenvalue weighted by atomic mass is 9.59. The molecule has 0 bridgehead atoms. The first-order valence-corrected chi connectivity index (χ1v) is 19.5. The Labute approximate surface area is 354 Å². The second kappa shape index (κ2) is 15.2. The molecular weight excluding hydrogens is 725 g/mol. The van der Waals surface area contributed by atoms with Crippen LogP contribution in [-0.4, -0.2) is 54.2 Å². The van der Waals surface area contributed by atoms with E-state index in [1.165, 1.54) is 0 Å². The molecule has 0 unspecified atom stereocenters. The largest absolute Gasteiger partial charge is 0.456 e. The van der Waals surface area contributed by atoms with E-state index < -0.39 is 0 Å². The Bertz CT molecular complexity index is 3210. The molecule has 2 heterocycles. The number of fused-ring (bicyclic) bond motifs is 3. The lowest BCUT2D eigenvalue weighted by Crippen LogP contribution is -2.55. The first kappa shape index (κ1) is 37.2. The molecule has 0 spiro atoms. The minimum absolute atomic E-state index is 0.195. The highest BCUT2D eigenvalue weighted by atomic mass is 16.3. The Morgan fingerprint density at radius 1 is 0.317 bits per heavy atom. The third-order valence-corrected chi connectivity index (χ3v) is 11.1. The highest BCUT2D eigenvalue weighted by Crippen LogP contribution is 2.39. The van der Waals surface area contributed by atoms with E-state index in [0.29, 0.717) is 34.0 Å². The van der Waals surface area contributed by atoms with Crippen LogP contribution in [0.3, 0.4) is 0 Å². The fourth-order valence-corrected chi connectivity index (χ4v) is 7.86. The molecule has 2 aromatic heterocycles. The van der Waals surface area contributed by atoms with Gasteiger partial charge in [0.15, 0.2) is 17.5 Å². The normalized spacial score (nSPS) is 11.3. The SMILES string of the molecule is [B]c1c([B])c([B])c(-c2ccc(-c3ccc(-c4cccc5oc6ccc(-c7nc(-c8ccccc8)nc(-c8cccc(-c9ccccc9)c8)n7)cc6c45)cc3)cc2)c([B])c1[B]. The highest BCUT2D eigenvalue weighted by molar-refractivity contribution is 6.68. The van der Waals surface area contributed by atoms with E-state index in [-0.39, 0.29) is 16.4 Å². The molecule has 4 nitrogen and oxygen atoms in total. The van der Waals surface area contributed by atoms with Crippen LogP contribution in [0, 0.1) is 0 Å². The summed E-state index contributed by atoms with van der Waals surface area (Å²) in [6, 6.07) is 57.4. The average molecular weight is 753 g/mol. The van der Waals surface area contributed by atoms with E-state index in [0.717, 1.165) is 77.6 Å². The molecule has 268 valence electrons. The lowest BCUT2D eigenvalue weighted by molar-refractivity contribution is 0.669. The van der Waals surface area contributed by atoms with E-state index in [1.807, 2.05) is 109 Å². The number of nitrogens with zero attached hydrogens (tertiary/aromatic N) is 3. The van der Waals surface area contributed by atoms with Crippen molar-refractivity contribution in [1.82, 2.24) is 15.0 Å². The Balaban J connectivity index is 1.02. The summed E-state index contributed by atoms with van der Waals surface area (Å²) >= 11 is 0. The number of hydrogen-bond acceptors (Lipinski definition) is 4. The first-order valence-electron chi connectivity index (χ1n) is 19.5. The van der Waals surface area contributed by atoms with Gasteiger partial charge in [0.05, 0.1) is 0 Å². The molecule has 0 saturated carbocycles. The van der Waals surface area contributed by atoms with E-state index in [1.54, 1.807) is 0 Å². The number of benzene rings is 8. The molecule has 0 amide bonds. The number of furan rings is 1. The fourth-order valence-electron chi connectivity index (χ4n) is 7.86. The molecule has 10 rings (SSSR count). The summed E-state index contributed by atoms with van der Waals surface area (Å²) in [4.78, 5) is 15.1. The Morgan fingerprint density at radius 3 is 1.40 bits per heavy atom. The lowest BCUT2D eigenvalue weighted by Gasteiger charge is -2.21. The van der Waals surface area contributed by atoms with Gasteiger partial charge in [0.2, 0.25) is 0 Å². The van der Waals surface area contributed by atoms with E-state index in [2.05, 4.69) is 60.7 Å². The zero-order valence-corrected chi connectivity index (χ0v) is 32.3. The molecule has 0 aliphatic heterocycles. The van der Waals surface area contributed by atoms with Crippen molar-refractivity contribution in [3.63, 3.8) is 0 Å². The van der Waals surface area contributed by atoms with Gasteiger partial charge in [-0.05, 0) is 74.8 Å². The molecule has 8 aromatic carbocycles. The van der Waals surface area contributed by atoms with Crippen LogP contribution in [0.25, 0.3) is 101 Å². The summed E-state index contributed by atoms with van der Waals surface area (Å²) in [5.41, 5.74) is 13.2. The van der Waals surface area contributed by atoms with Gasteiger partial charge in [-0.2, -0.15) is 0 Å². The molecule has 9 heteroatoms. The van der Waals surface area contributed by atoms with Gasteiger partial charge < -0.3 is 4.42 Å². The molecule has 10 radical (unpaired) electrons. The molecule has 0 aliphatic carbocycles. The van der Waals surface area contributed by atoms with Crippen LogP contribution in [0.4, 0.5) is 0 Å². The second-order valence-electron chi connectivity index (χ2n) is 14.7. The summed E-state index contributed by atoms with van der Waals surface area (Å²) in [7, 11) is 30.9. The Kier molecular flexibility index (Phi) is 9.45. The molecular formula is C51H28B5N3O. The van der Waals surface area contributed by atoms with Crippen molar-refractivity contribution in [3.05, 3.63) is 170 Å². The van der Waals surface area contributed by atoms with Crippen molar-refractivity contribution in [2.45, 2.75) is 0 Å². The summed E-state index contributed by atoms with van der Waals surface area (Å²) in [5.74, 6) is 1.76. The van der Waals surface area contributed by atoms with Crippen LogP contribution in [0.2, 0.25) is 0 Å². The summed E-state index contributed by atoms with van der Waals surface area (Å²) < 4.78 is 6.43. The number of rotatable bonds is 7. The van der Waals surface area contributed by atoms with Crippen LogP contribution in [0.15, 0.2) is 174 Å². The van der Waals surface area contributed by atoms with Crippen LogP contribution in [0.5, 0.6) is 0 Å². The Morgan fingerprint density at radius 2 is 0.767 bits per heavy atom. The van der Waals surface area contributed by atoms with Crippen LogP contribution in [0.1, 0.15) is 0 Å². The van der Waals surface area contributed by atoms with Crippen molar-refractivity contribution in [1.29, 1.82) is 0 Å². The minimum atomic E-state index is 0.195. The van der Waals surface area contributed by atoms with Crippen molar-refractivity contribution in [3.8, 4) is 78.7 Å². The monoisotopic (exact) mass is 753 g/mol. The van der Waals surface area contributed by atoms with Gasteiger partial charge in [-0.15, -0.1) is 16.4 Å². The maximum atomic E-state index is 6.43. The standard InChI is InChI=1S/C51H28B5N3O/c52-44-42(45(53)47(55)48(56)46(44)54)33-23-19-31(20-24-33)30-17-21-32(22-18-30)38-15-8-16-41-43(38)39-28-37(25-26-40(39)60-41)51-58-49(34-11-5-2-6-12-34)57-50(59-51)36-14-7-13-35(27-36)29-9-3-1-4-10-29/h1-28H. The highest BCUT2D eigenvalue weighted by Gasteiger charge is 2.18. The van der Waals surface area contributed by atoms with Crippen molar-refractivity contribution in [2.24, 2.45) is 0 Å². The zero-order valence-electron chi connectivity index (χ0n) is 32.3. The summed E-state index contributed by atoms with van der Waals surface area (Å²) in [6.45, 7) is 0. The van der Waals surface area contributed by atoms with Gasteiger partial charge in [0.25, 0.3) is 0 Å².